The fraction of sp³-hybridized carbons (Fsp3) is 0.519. The molecule has 0 unspecified atom stereocenters. The third kappa shape index (κ3) is 5.63. The predicted octanol–water partition coefficient (Wildman–Crippen LogP) is 4.58. The number of rotatable bonds is 9. The molecular weight excluding hydrogens is 547 g/mol. The van der Waals surface area contributed by atoms with E-state index in [2.05, 4.69) is 38.7 Å². The largest absolute Gasteiger partial charge is 0.417 e. The zero-order chi connectivity index (χ0) is 28.8. The second-order valence-corrected chi connectivity index (χ2v) is 11.2. The maximum Gasteiger partial charge on any atom is 0.417 e. The molecule has 5 N–H and O–H groups in total. The van der Waals surface area contributed by atoms with Crippen LogP contribution in [-0.2, 0) is 12.6 Å². The first-order valence-electron chi connectivity index (χ1n) is 13.4. The van der Waals surface area contributed by atoms with Gasteiger partial charge in [0.25, 0.3) is 0 Å². The standard InChI is InChI=1S/C27H33ClF3N7O2/c1-14(2)37(7-4-3-5-22-35-19-10-17(27(29,30)31)18(28)11-20(19)36-22)12-15-9-21(24(40)23(15)39)38-8-6-16-25(32)33-13-34-26(16)38/h6,8,10-11,13-15,21,23-24,39-40H,3-5,7,9,12H2,1-2H3,(H,35,36)(H2,32,33,34)/t15-,21-,23-,24+/m1/s1. The summed E-state index contributed by atoms with van der Waals surface area (Å²) in [6, 6.07) is 3.95. The van der Waals surface area contributed by atoms with Gasteiger partial charge in [0.2, 0.25) is 0 Å². The minimum absolute atomic E-state index is 0.137. The fourth-order valence-electron chi connectivity index (χ4n) is 5.70. The van der Waals surface area contributed by atoms with Crippen LogP contribution in [0.15, 0.2) is 30.7 Å². The number of aryl methyl sites for hydroxylation is 1. The molecule has 9 nitrogen and oxygen atoms in total. The number of imidazole rings is 1. The van der Waals surface area contributed by atoms with Crippen molar-refractivity contribution < 1.29 is 23.4 Å². The van der Waals surface area contributed by atoms with Gasteiger partial charge < -0.3 is 30.4 Å². The SMILES string of the molecule is CC(C)N(CCCCc1nc2cc(C(F)(F)F)c(Cl)cc2[nH]1)C[C@H]1C[C@@H](n2ccc3c(N)ncnc32)[C@H](O)[C@@H]1O. The summed E-state index contributed by atoms with van der Waals surface area (Å²) in [6.45, 7) is 5.57. The minimum atomic E-state index is -4.54. The van der Waals surface area contributed by atoms with Crippen molar-refractivity contribution >= 4 is 39.5 Å². The van der Waals surface area contributed by atoms with E-state index in [9.17, 15) is 23.4 Å². The Balaban J connectivity index is 1.19. The van der Waals surface area contributed by atoms with Gasteiger partial charge in [-0.15, -0.1) is 0 Å². The molecule has 1 saturated carbocycles. The number of nitrogens with one attached hydrogen (secondary N) is 1. The molecule has 3 heterocycles. The highest BCUT2D eigenvalue weighted by atomic mass is 35.5. The van der Waals surface area contributed by atoms with E-state index in [1.165, 1.54) is 12.4 Å². The quantitative estimate of drug-likeness (QED) is 0.214. The molecule has 216 valence electrons. The summed E-state index contributed by atoms with van der Waals surface area (Å²) >= 11 is 5.83. The molecule has 0 bridgehead atoms. The van der Waals surface area contributed by atoms with Crippen LogP contribution in [0.4, 0.5) is 19.0 Å². The first-order chi connectivity index (χ1) is 18.9. The molecule has 0 amide bonds. The molecular formula is C27H33ClF3N7O2. The number of anilines is 1. The lowest BCUT2D eigenvalue weighted by molar-refractivity contribution is -0.137. The lowest BCUT2D eigenvalue weighted by Gasteiger charge is -2.30. The van der Waals surface area contributed by atoms with Crippen LogP contribution in [0.3, 0.4) is 0 Å². The number of fused-ring (bicyclic) bond motifs is 2. The Kier molecular flexibility index (Phi) is 7.97. The number of nitrogens with zero attached hydrogens (tertiary/aromatic N) is 5. The van der Waals surface area contributed by atoms with Crippen molar-refractivity contribution in [2.45, 2.75) is 70.0 Å². The van der Waals surface area contributed by atoms with E-state index in [0.29, 0.717) is 47.6 Å². The third-order valence-electron chi connectivity index (χ3n) is 7.90. The van der Waals surface area contributed by atoms with Crippen molar-refractivity contribution in [3.05, 3.63) is 47.1 Å². The smallest absolute Gasteiger partial charge is 0.390 e. The number of aromatic amines is 1. The second kappa shape index (κ2) is 11.2. The van der Waals surface area contributed by atoms with Gasteiger partial charge in [-0.1, -0.05) is 11.6 Å². The number of nitrogen functional groups attached to an aromatic ring is 1. The first-order valence-corrected chi connectivity index (χ1v) is 13.7. The van der Waals surface area contributed by atoms with Gasteiger partial charge in [0.15, 0.2) is 0 Å². The molecule has 0 spiro atoms. The lowest BCUT2D eigenvalue weighted by atomic mass is 10.0. The van der Waals surface area contributed by atoms with Crippen LogP contribution in [0.1, 0.15) is 50.5 Å². The number of alkyl halides is 3. The monoisotopic (exact) mass is 579 g/mol. The second-order valence-electron chi connectivity index (χ2n) is 10.8. The van der Waals surface area contributed by atoms with Gasteiger partial charge in [0.05, 0.1) is 39.2 Å². The zero-order valence-electron chi connectivity index (χ0n) is 22.2. The number of hydrogen-bond acceptors (Lipinski definition) is 7. The number of aromatic nitrogens is 5. The number of aliphatic hydroxyl groups is 2. The zero-order valence-corrected chi connectivity index (χ0v) is 23.0. The Labute approximate surface area is 234 Å². The van der Waals surface area contributed by atoms with E-state index >= 15 is 0 Å². The van der Waals surface area contributed by atoms with Gasteiger partial charge in [-0.05, 0) is 57.9 Å². The van der Waals surface area contributed by atoms with E-state index in [1.54, 1.807) is 0 Å². The molecule has 0 radical (unpaired) electrons. The van der Waals surface area contributed by atoms with Gasteiger partial charge in [0.1, 0.15) is 29.7 Å². The van der Waals surface area contributed by atoms with Crippen LogP contribution in [0.25, 0.3) is 22.1 Å². The van der Waals surface area contributed by atoms with E-state index in [-0.39, 0.29) is 28.5 Å². The van der Waals surface area contributed by atoms with Gasteiger partial charge in [0, 0.05) is 31.1 Å². The lowest BCUT2D eigenvalue weighted by Crippen LogP contribution is -2.40. The Bertz CT molecular complexity index is 1490. The Hall–Kier alpha value is -2.93. The summed E-state index contributed by atoms with van der Waals surface area (Å²) < 4.78 is 41.4. The summed E-state index contributed by atoms with van der Waals surface area (Å²) in [4.78, 5) is 18.0. The van der Waals surface area contributed by atoms with Crippen LogP contribution >= 0.6 is 11.6 Å². The molecule has 3 aromatic heterocycles. The minimum Gasteiger partial charge on any atom is -0.390 e. The van der Waals surface area contributed by atoms with Crippen LogP contribution in [0.2, 0.25) is 5.02 Å². The molecule has 1 aliphatic carbocycles. The van der Waals surface area contributed by atoms with Crippen LogP contribution in [0, 0.1) is 5.92 Å². The Morgan fingerprint density at radius 3 is 2.70 bits per heavy atom. The normalized spacial score (nSPS) is 21.9. The third-order valence-corrected chi connectivity index (χ3v) is 8.21. The number of hydrogen-bond donors (Lipinski definition) is 4. The molecule has 1 fully saturated rings. The van der Waals surface area contributed by atoms with E-state index in [1.807, 2.05) is 16.8 Å². The summed E-state index contributed by atoms with van der Waals surface area (Å²) in [7, 11) is 0. The average Bonchev–Trinajstić information content (AvgIpc) is 3.56. The summed E-state index contributed by atoms with van der Waals surface area (Å²) in [5.74, 6) is 0.848. The molecule has 0 aliphatic heterocycles. The number of nitrogens with two attached hydrogens (primary N) is 1. The molecule has 1 aromatic carbocycles. The van der Waals surface area contributed by atoms with Crippen molar-refractivity contribution in [2.24, 2.45) is 5.92 Å². The van der Waals surface area contributed by atoms with Gasteiger partial charge in [-0.25, -0.2) is 15.0 Å². The summed E-state index contributed by atoms with van der Waals surface area (Å²) in [5, 5.41) is 22.2. The number of H-pyrrole nitrogens is 1. The van der Waals surface area contributed by atoms with E-state index < -0.39 is 23.9 Å². The predicted molar refractivity (Wildman–Crippen MR) is 147 cm³/mol. The van der Waals surface area contributed by atoms with Crippen molar-refractivity contribution in [1.82, 2.24) is 29.4 Å². The van der Waals surface area contributed by atoms with E-state index in [0.717, 1.165) is 25.5 Å². The highest BCUT2D eigenvalue weighted by molar-refractivity contribution is 6.32. The molecule has 0 saturated heterocycles. The van der Waals surface area contributed by atoms with Crippen molar-refractivity contribution in [2.75, 3.05) is 18.8 Å². The summed E-state index contributed by atoms with van der Waals surface area (Å²) in [6.07, 6.45) is -0.365. The molecule has 4 aromatic rings. The molecule has 5 rings (SSSR count). The van der Waals surface area contributed by atoms with Gasteiger partial charge in [-0.2, -0.15) is 13.2 Å². The van der Waals surface area contributed by atoms with Gasteiger partial charge >= 0.3 is 6.18 Å². The van der Waals surface area contributed by atoms with Crippen LogP contribution in [0.5, 0.6) is 0 Å². The number of benzene rings is 1. The van der Waals surface area contributed by atoms with Gasteiger partial charge in [-0.3, -0.25) is 0 Å². The van der Waals surface area contributed by atoms with Crippen molar-refractivity contribution in [3.63, 3.8) is 0 Å². The molecule has 40 heavy (non-hydrogen) atoms. The maximum absolute atomic E-state index is 13.2. The molecule has 1 aliphatic rings. The summed E-state index contributed by atoms with van der Waals surface area (Å²) in [5.41, 5.74) is 6.42. The topological polar surface area (TPSA) is 129 Å². The van der Waals surface area contributed by atoms with Crippen molar-refractivity contribution in [3.8, 4) is 0 Å². The maximum atomic E-state index is 13.2. The Morgan fingerprint density at radius 1 is 1.20 bits per heavy atom. The van der Waals surface area contributed by atoms with Crippen molar-refractivity contribution in [1.29, 1.82) is 0 Å². The fourth-order valence-corrected chi connectivity index (χ4v) is 5.97. The molecule has 13 heteroatoms. The molecule has 4 atom stereocenters. The number of halogens is 4. The highest BCUT2D eigenvalue weighted by Gasteiger charge is 2.43. The van der Waals surface area contributed by atoms with Crippen LogP contribution in [-0.4, -0.2) is 71.0 Å². The van der Waals surface area contributed by atoms with Crippen LogP contribution < -0.4 is 5.73 Å². The Morgan fingerprint density at radius 2 is 1.98 bits per heavy atom. The average molecular weight is 580 g/mol. The van der Waals surface area contributed by atoms with E-state index in [4.69, 9.17) is 17.3 Å². The number of aliphatic hydroxyl groups excluding tert-OH is 2. The highest BCUT2D eigenvalue weighted by Crippen LogP contribution is 2.39. The number of unbranched alkanes of at least 4 members (excludes halogenated alkanes) is 1. The first kappa shape index (κ1) is 28.6.